The van der Waals surface area contributed by atoms with Gasteiger partial charge in [-0.2, -0.15) is 4.48 Å². The van der Waals surface area contributed by atoms with Gasteiger partial charge >= 0.3 is 11.1 Å². The zero-order valence-corrected chi connectivity index (χ0v) is 13.5. The van der Waals surface area contributed by atoms with Crippen LogP contribution in [-0.4, -0.2) is 41.9 Å². The molecule has 20 heavy (non-hydrogen) atoms. The van der Waals surface area contributed by atoms with Gasteiger partial charge in [0.05, 0.1) is 21.2 Å². The van der Waals surface area contributed by atoms with Crippen LogP contribution in [-0.2, 0) is 4.79 Å². The van der Waals surface area contributed by atoms with Crippen molar-refractivity contribution in [1.29, 1.82) is 0 Å². The fraction of sp³-hybridized carbons (Fsp3) is 0.231. The molecule has 2 amide bonds. The Balaban J connectivity index is 2.47. The summed E-state index contributed by atoms with van der Waals surface area (Å²) in [5, 5.41) is 9.43. The standard InChI is InChI=1S/C13H12BrNO4S/c1-15(2)12(17)11(20-13(15)18)5-7-4-10(19-3)9(16)6-8(7)14/h4-6H,1-3H3/p+1. The predicted octanol–water partition coefficient (Wildman–Crippen LogP) is 2.97. The summed E-state index contributed by atoms with van der Waals surface area (Å²) in [5.74, 6) is 0.0497. The Morgan fingerprint density at radius 1 is 1.35 bits per heavy atom. The molecule has 1 N–H and O–H groups in total. The number of thioether (sulfide) groups is 1. The number of benzene rings is 1. The normalized spacial score (nSPS) is 19.7. The lowest BCUT2D eigenvalue weighted by atomic mass is 10.2. The maximum Gasteiger partial charge on any atom is 0.387 e. The van der Waals surface area contributed by atoms with E-state index in [1.807, 2.05) is 0 Å². The molecule has 1 aliphatic heterocycles. The molecule has 2 rings (SSSR count). The first-order chi connectivity index (χ1) is 9.27. The predicted molar refractivity (Wildman–Crippen MR) is 80.4 cm³/mol. The molecule has 1 fully saturated rings. The fourth-order valence-corrected chi connectivity index (χ4v) is 3.12. The number of methoxy groups -OCH3 is 1. The van der Waals surface area contributed by atoms with E-state index in [1.54, 1.807) is 26.2 Å². The van der Waals surface area contributed by atoms with Crippen molar-refractivity contribution in [3.8, 4) is 11.5 Å². The van der Waals surface area contributed by atoms with Crippen molar-refractivity contribution in [1.82, 2.24) is 0 Å². The van der Waals surface area contributed by atoms with Gasteiger partial charge in [0.15, 0.2) is 11.5 Å². The molecule has 0 saturated carbocycles. The van der Waals surface area contributed by atoms with Crippen LogP contribution in [0.25, 0.3) is 6.08 Å². The number of phenolic OH excluding ortho intramolecular Hbond substituents is 1. The topological polar surface area (TPSA) is 63.6 Å². The number of phenols is 1. The summed E-state index contributed by atoms with van der Waals surface area (Å²) in [4.78, 5) is 24.3. The van der Waals surface area contributed by atoms with Crippen molar-refractivity contribution < 1.29 is 23.9 Å². The van der Waals surface area contributed by atoms with Gasteiger partial charge in [-0.1, -0.05) is 15.9 Å². The molecule has 1 aromatic carbocycles. The van der Waals surface area contributed by atoms with Crippen molar-refractivity contribution >= 4 is 44.9 Å². The summed E-state index contributed by atoms with van der Waals surface area (Å²) in [6, 6.07) is 3.08. The monoisotopic (exact) mass is 358 g/mol. The number of carbonyl (C=O) groups is 2. The minimum Gasteiger partial charge on any atom is -0.504 e. The second-order valence-electron chi connectivity index (χ2n) is 4.68. The van der Waals surface area contributed by atoms with Gasteiger partial charge in [-0.25, -0.2) is 9.59 Å². The molecule has 1 aliphatic rings. The van der Waals surface area contributed by atoms with E-state index in [0.717, 1.165) is 11.8 Å². The third-order valence-corrected chi connectivity index (χ3v) is 4.79. The van der Waals surface area contributed by atoms with Gasteiger partial charge in [-0.05, 0) is 23.8 Å². The molecule has 0 bridgehead atoms. The number of halogens is 1. The zero-order chi connectivity index (χ0) is 15.1. The quantitative estimate of drug-likeness (QED) is 0.650. The van der Waals surface area contributed by atoms with E-state index in [0.29, 0.717) is 20.7 Å². The molecule has 1 saturated heterocycles. The number of hydrogen-bond acceptors (Lipinski definition) is 5. The lowest BCUT2D eigenvalue weighted by Crippen LogP contribution is -2.43. The van der Waals surface area contributed by atoms with Gasteiger partial charge in [-0.3, -0.25) is 0 Å². The molecular formula is C13H13BrNO4S+. The van der Waals surface area contributed by atoms with E-state index < -0.39 is 0 Å². The Hall–Kier alpha value is -1.31. The highest BCUT2D eigenvalue weighted by Gasteiger charge is 2.47. The number of rotatable bonds is 2. The molecule has 0 aromatic heterocycles. The molecular weight excluding hydrogens is 346 g/mol. The molecule has 0 spiro atoms. The summed E-state index contributed by atoms with van der Waals surface area (Å²) in [7, 11) is 4.56. The first-order valence-corrected chi connectivity index (χ1v) is 7.27. The van der Waals surface area contributed by atoms with Crippen LogP contribution in [0.2, 0.25) is 0 Å². The van der Waals surface area contributed by atoms with E-state index >= 15 is 0 Å². The molecule has 1 aromatic rings. The van der Waals surface area contributed by atoms with Crippen LogP contribution in [0, 0.1) is 0 Å². The second kappa shape index (κ2) is 5.23. The average molecular weight is 359 g/mol. The van der Waals surface area contributed by atoms with Crippen LogP contribution in [0.3, 0.4) is 0 Å². The fourth-order valence-electron chi connectivity index (χ4n) is 1.68. The number of amides is 2. The minimum atomic E-state index is -0.302. The molecule has 0 radical (unpaired) electrons. The van der Waals surface area contributed by atoms with Gasteiger partial charge in [0.25, 0.3) is 0 Å². The Labute approximate surface area is 128 Å². The molecule has 7 heteroatoms. The summed E-state index contributed by atoms with van der Waals surface area (Å²) in [5.41, 5.74) is 0.658. The Morgan fingerprint density at radius 2 is 2.00 bits per heavy atom. The van der Waals surface area contributed by atoms with Gasteiger partial charge in [0, 0.05) is 16.2 Å². The van der Waals surface area contributed by atoms with Gasteiger partial charge in [0.1, 0.15) is 4.91 Å². The second-order valence-corrected chi connectivity index (χ2v) is 6.53. The minimum absolute atomic E-state index is 0.000820. The molecule has 0 unspecified atom stereocenters. The van der Waals surface area contributed by atoms with Crippen molar-refractivity contribution in [2.45, 2.75) is 0 Å². The first kappa shape index (κ1) is 15.1. The highest BCUT2D eigenvalue weighted by molar-refractivity contribution is 9.10. The molecule has 0 aliphatic carbocycles. The van der Waals surface area contributed by atoms with E-state index in [1.165, 1.54) is 13.2 Å². The van der Waals surface area contributed by atoms with Crippen molar-refractivity contribution in [3.63, 3.8) is 0 Å². The van der Waals surface area contributed by atoms with Gasteiger partial charge in [-0.15, -0.1) is 0 Å². The van der Waals surface area contributed by atoms with Crippen molar-refractivity contribution in [2.75, 3.05) is 21.2 Å². The Morgan fingerprint density at radius 3 is 2.50 bits per heavy atom. The number of quaternary nitrogens is 1. The summed E-state index contributed by atoms with van der Waals surface area (Å²) in [6.45, 7) is 0. The first-order valence-electron chi connectivity index (χ1n) is 5.67. The number of ether oxygens (including phenoxy) is 1. The van der Waals surface area contributed by atoms with Gasteiger partial charge in [0.2, 0.25) is 0 Å². The number of likely N-dealkylation sites (N-methyl/N-ethyl adjacent to an activating group) is 1. The number of imide groups is 1. The Bertz CT molecular complexity index is 640. The molecule has 106 valence electrons. The summed E-state index contributed by atoms with van der Waals surface area (Å²) < 4.78 is 5.34. The SMILES string of the molecule is COc1cc(/C=C2\SC(=O)[N+](C)(C)C2=O)c(Br)cc1O. The van der Waals surface area contributed by atoms with Crippen molar-refractivity contribution in [2.24, 2.45) is 0 Å². The number of nitrogens with zero attached hydrogens (tertiary/aromatic N) is 1. The molecule has 0 atom stereocenters. The average Bonchev–Trinajstić information content (AvgIpc) is 2.56. The third kappa shape index (κ3) is 2.48. The van der Waals surface area contributed by atoms with Crippen LogP contribution in [0.15, 0.2) is 21.5 Å². The highest BCUT2D eigenvalue weighted by Crippen LogP contribution is 2.38. The van der Waals surface area contributed by atoms with Crippen LogP contribution in [0.4, 0.5) is 4.79 Å². The highest BCUT2D eigenvalue weighted by atomic mass is 79.9. The largest absolute Gasteiger partial charge is 0.504 e. The van der Waals surface area contributed by atoms with Crippen LogP contribution in [0.5, 0.6) is 11.5 Å². The zero-order valence-electron chi connectivity index (χ0n) is 11.1. The summed E-state index contributed by atoms with van der Waals surface area (Å²) in [6.07, 6.45) is 1.62. The smallest absolute Gasteiger partial charge is 0.387 e. The Kier molecular flexibility index (Phi) is 3.95. The third-order valence-electron chi connectivity index (χ3n) is 2.96. The number of carbonyl (C=O) groups excluding carboxylic acids is 2. The number of aromatic hydroxyl groups is 1. The van der Waals surface area contributed by atoms with Gasteiger partial charge < -0.3 is 9.84 Å². The summed E-state index contributed by atoms with van der Waals surface area (Å²) >= 11 is 4.23. The van der Waals surface area contributed by atoms with Crippen LogP contribution < -0.4 is 4.74 Å². The van der Waals surface area contributed by atoms with E-state index in [2.05, 4.69) is 15.9 Å². The van der Waals surface area contributed by atoms with Crippen molar-refractivity contribution in [3.05, 3.63) is 27.1 Å². The maximum absolute atomic E-state index is 12.1. The van der Waals surface area contributed by atoms with E-state index in [4.69, 9.17) is 4.74 Å². The lowest BCUT2D eigenvalue weighted by molar-refractivity contribution is -0.716. The maximum atomic E-state index is 12.1. The van der Waals surface area contributed by atoms with E-state index in [-0.39, 0.29) is 21.4 Å². The molecule has 1 heterocycles. The lowest BCUT2D eigenvalue weighted by Gasteiger charge is -2.14. The number of hydrogen-bond donors (Lipinski definition) is 1. The van der Waals surface area contributed by atoms with E-state index in [9.17, 15) is 14.7 Å². The van der Waals surface area contributed by atoms with Crippen LogP contribution in [0.1, 0.15) is 5.56 Å². The molecule has 5 nitrogen and oxygen atoms in total. The van der Waals surface area contributed by atoms with Crippen LogP contribution >= 0.6 is 27.7 Å².